The number of methoxy groups -OCH3 is 2. The van der Waals surface area contributed by atoms with Gasteiger partial charge >= 0.3 is 5.97 Å². The topological polar surface area (TPSA) is 59.3 Å². The number of hydrogen-bond acceptors (Lipinski definition) is 4. The van der Waals surface area contributed by atoms with Crippen LogP contribution in [0.4, 0.5) is 0 Å². The van der Waals surface area contributed by atoms with E-state index in [1.165, 1.54) is 20.3 Å². The normalized spacial score (nSPS) is 9.38. The number of carbonyl (C=O) groups excluding carboxylic acids is 1. The average molecular weight is 219 g/mol. The molecule has 4 nitrogen and oxygen atoms in total. The smallest absolute Gasteiger partial charge is 0.338 e. The van der Waals surface area contributed by atoms with Gasteiger partial charge in [-0.05, 0) is 24.1 Å². The van der Waals surface area contributed by atoms with E-state index in [0.29, 0.717) is 23.3 Å². The Morgan fingerprint density at radius 2 is 2.12 bits per heavy atom. The average Bonchev–Trinajstić information content (AvgIpc) is 2.35. The number of hydrogen-bond donors (Lipinski definition) is 0. The fourth-order valence-corrected chi connectivity index (χ4v) is 1.47. The summed E-state index contributed by atoms with van der Waals surface area (Å²) in [5.74, 6) is 0.0445. The lowest BCUT2D eigenvalue weighted by Crippen LogP contribution is -2.06. The molecule has 0 bridgehead atoms. The van der Waals surface area contributed by atoms with Crippen molar-refractivity contribution >= 4 is 5.97 Å². The molecule has 1 rings (SSSR count). The van der Waals surface area contributed by atoms with Gasteiger partial charge < -0.3 is 9.47 Å². The number of ether oxygens (including phenoxy) is 2. The number of rotatable bonds is 3. The molecule has 0 aromatic heterocycles. The van der Waals surface area contributed by atoms with Crippen molar-refractivity contribution in [1.82, 2.24) is 0 Å². The molecule has 16 heavy (non-hydrogen) atoms. The fourth-order valence-electron chi connectivity index (χ4n) is 1.47. The van der Waals surface area contributed by atoms with Crippen LogP contribution in [0.3, 0.4) is 0 Å². The van der Waals surface area contributed by atoms with Gasteiger partial charge in [-0.1, -0.05) is 6.92 Å². The summed E-state index contributed by atoms with van der Waals surface area (Å²) in [5.41, 5.74) is 1.56. The number of nitrogens with zero attached hydrogens (tertiary/aromatic N) is 1. The second kappa shape index (κ2) is 5.17. The third-order valence-corrected chi connectivity index (χ3v) is 2.33. The van der Waals surface area contributed by atoms with Crippen LogP contribution >= 0.6 is 0 Å². The molecule has 4 heteroatoms. The number of benzene rings is 1. The Labute approximate surface area is 94.4 Å². The van der Waals surface area contributed by atoms with Crippen LogP contribution in [0.1, 0.15) is 28.4 Å². The molecule has 0 radical (unpaired) electrons. The SMILES string of the molecule is CCc1cc(OC)c(C#N)cc1C(=O)OC. The predicted octanol–water partition coefficient (Wildman–Crippen LogP) is 1.92. The zero-order valence-corrected chi connectivity index (χ0v) is 9.53. The van der Waals surface area contributed by atoms with E-state index in [1.54, 1.807) is 6.07 Å². The summed E-state index contributed by atoms with van der Waals surface area (Å²) in [7, 11) is 2.81. The molecule has 0 fully saturated rings. The van der Waals surface area contributed by atoms with Crippen molar-refractivity contribution in [1.29, 1.82) is 5.26 Å². The Morgan fingerprint density at radius 3 is 2.56 bits per heavy atom. The summed E-state index contributed by atoms with van der Waals surface area (Å²) in [5, 5.41) is 8.91. The largest absolute Gasteiger partial charge is 0.495 e. The van der Waals surface area contributed by atoms with E-state index < -0.39 is 5.97 Å². The quantitative estimate of drug-likeness (QED) is 0.728. The molecule has 0 unspecified atom stereocenters. The van der Waals surface area contributed by atoms with Crippen molar-refractivity contribution in [3.8, 4) is 11.8 Å². The maximum atomic E-state index is 11.5. The zero-order valence-electron chi connectivity index (χ0n) is 9.53. The van der Waals surface area contributed by atoms with Gasteiger partial charge in [-0.2, -0.15) is 5.26 Å². The van der Waals surface area contributed by atoms with Crippen LogP contribution in [0.25, 0.3) is 0 Å². The van der Waals surface area contributed by atoms with E-state index in [1.807, 2.05) is 13.0 Å². The van der Waals surface area contributed by atoms with E-state index >= 15 is 0 Å². The first kappa shape index (κ1) is 12.1. The fraction of sp³-hybridized carbons (Fsp3) is 0.333. The van der Waals surface area contributed by atoms with Gasteiger partial charge in [-0.15, -0.1) is 0 Å². The van der Waals surface area contributed by atoms with Crippen LogP contribution in [-0.2, 0) is 11.2 Å². The first-order chi connectivity index (χ1) is 7.67. The molecular weight excluding hydrogens is 206 g/mol. The van der Waals surface area contributed by atoms with Crippen LogP contribution < -0.4 is 4.74 Å². The first-order valence-electron chi connectivity index (χ1n) is 4.87. The van der Waals surface area contributed by atoms with Crippen molar-refractivity contribution < 1.29 is 14.3 Å². The standard InChI is InChI=1S/C12H13NO3/c1-4-8-6-11(15-2)9(7-13)5-10(8)12(14)16-3/h5-6H,4H2,1-3H3. The molecule has 0 atom stereocenters. The number of esters is 1. The van der Waals surface area contributed by atoms with Gasteiger partial charge in [0.05, 0.1) is 25.3 Å². The van der Waals surface area contributed by atoms with Crippen LogP contribution in [0, 0.1) is 11.3 Å². The third kappa shape index (κ3) is 2.14. The van der Waals surface area contributed by atoms with Gasteiger partial charge in [0, 0.05) is 0 Å². The molecule has 0 aliphatic carbocycles. The van der Waals surface area contributed by atoms with Crippen molar-refractivity contribution in [3.05, 3.63) is 28.8 Å². The van der Waals surface area contributed by atoms with Gasteiger partial charge in [-0.3, -0.25) is 0 Å². The monoisotopic (exact) mass is 219 g/mol. The third-order valence-electron chi connectivity index (χ3n) is 2.33. The Morgan fingerprint density at radius 1 is 1.44 bits per heavy atom. The lowest BCUT2D eigenvalue weighted by molar-refractivity contribution is 0.0599. The number of carbonyl (C=O) groups is 1. The Kier molecular flexibility index (Phi) is 3.90. The molecule has 0 saturated carbocycles. The molecule has 0 saturated heterocycles. The summed E-state index contributed by atoms with van der Waals surface area (Å²) in [6.45, 7) is 1.92. The van der Waals surface area contributed by atoms with Gasteiger partial charge in [-0.25, -0.2) is 4.79 Å². The molecule has 0 aliphatic rings. The highest BCUT2D eigenvalue weighted by atomic mass is 16.5. The Hall–Kier alpha value is -2.02. The summed E-state index contributed by atoms with van der Waals surface area (Å²) in [6.07, 6.45) is 0.673. The Bertz CT molecular complexity index is 446. The van der Waals surface area contributed by atoms with Crippen LogP contribution in [0.2, 0.25) is 0 Å². The number of aryl methyl sites for hydroxylation is 1. The molecule has 84 valence electrons. The predicted molar refractivity (Wildman–Crippen MR) is 58.4 cm³/mol. The van der Waals surface area contributed by atoms with Gasteiger partial charge in [0.25, 0.3) is 0 Å². The highest BCUT2D eigenvalue weighted by Crippen LogP contribution is 2.24. The zero-order chi connectivity index (χ0) is 12.1. The minimum atomic E-state index is -0.434. The van der Waals surface area contributed by atoms with Crippen molar-refractivity contribution in [2.45, 2.75) is 13.3 Å². The van der Waals surface area contributed by atoms with E-state index in [9.17, 15) is 4.79 Å². The van der Waals surface area contributed by atoms with Gasteiger partial charge in [0.2, 0.25) is 0 Å². The van der Waals surface area contributed by atoms with Crippen LogP contribution in [0.15, 0.2) is 12.1 Å². The summed E-state index contributed by atoms with van der Waals surface area (Å²) >= 11 is 0. The maximum Gasteiger partial charge on any atom is 0.338 e. The lowest BCUT2D eigenvalue weighted by Gasteiger charge is -2.09. The highest BCUT2D eigenvalue weighted by molar-refractivity contribution is 5.92. The number of nitriles is 1. The molecule has 0 N–H and O–H groups in total. The molecule has 0 spiro atoms. The van der Waals surface area contributed by atoms with Crippen molar-refractivity contribution in [2.24, 2.45) is 0 Å². The molecule has 0 amide bonds. The van der Waals surface area contributed by atoms with Gasteiger partial charge in [0.15, 0.2) is 0 Å². The summed E-state index contributed by atoms with van der Waals surface area (Å²) < 4.78 is 9.74. The van der Waals surface area contributed by atoms with Gasteiger partial charge in [0.1, 0.15) is 11.8 Å². The minimum absolute atomic E-state index is 0.333. The van der Waals surface area contributed by atoms with Crippen molar-refractivity contribution in [3.63, 3.8) is 0 Å². The molecule has 1 aromatic carbocycles. The van der Waals surface area contributed by atoms with E-state index in [2.05, 4.69) is 4.74 Å². The highest BCUT2D eigenvalue weighted by Gasteiger charge is 2.15. The second-order valence-corrected chi connectivity index (χ2v) is 3.17. The van der Waals surface area contributed by atoms with Crippen LogP contribution in [-0.4, -0.2) is 20.2 Å². The molecule has 0 heterocycles. The first-order valence-corrected chi connectivity index (χ1v) is 4.87. The van der Waals surface area contributed by atoms with Crippen LogP contribution in [0.5, 0.6) is 5.75 Å². The second-order valence-electron chi connectivity index (χ2n) is 3.17. The molecule has 1 aromatic rings. The maximum absolute atomic E-state index is 11.5. The van der Waals surface area contributed by atoms with E-state index in [4.69, 9.17) is 10.00 Å². The molecular formula is C12H13NO3. The van der Waals surface area contributed by atoms with E-state index in [-0.39, 0.29) is 0 Å². The van der Waals surface area contributed by atoms with Crippen molar-refractivity contribution in [2.75, 3.05) is 14.2 Å². The Balaban J connectivity index is 3.38. The van der Waals surface area contributed by atoms with E-state index in [0.717, 1.165) is 5.56 Å². The summed E-state index contributed by atoms with van der Waals surface area (Å²) in [4.78, 5) is 11.5. The summed E-state index contributed by atoms with van der Waals surface area (Å²) in [6, 6.07) is 5.19. The lowest BCUT2D eigenvalue weighted by atomic mass is 10.0. The minimum Gasteiger partial charge on any atom is -0.495 e. The molecule has 0 aliphatic heterocycles.